The molecule has 0 N–H and O–H groups in total. The van der Waals surface area contributed by atoms with Gasteiger partial charge in [-0.3, -0.25) is 4.98 Å². The van der Waals surface area contributed by atoms with Crippen molar-refractivity contribution in [3.8, 4) is 0 Å². The molecule has 0 aliphatic carbocycles. The molecule has 0 unspecified atom stereocenters. The van der Waals surface area contributed by atoms with Crippen molar-refractivity contribution in [2.45, 2.75) is 6.92 Å². The van der Waals surface area contributed by atoms with E-state index in [1.165, 1.54) is 6.92 Å². The highest BCUT2D eigenvalue weighted by Crippen LogP contribution is 2.10. The molecule has 4 nitrogen and oxygen atoms in total. The molecule has 2 rings (SSSR count). The van der Waals surface area contributed by atoms with Gasteiger partial charge in [0.05, 0.1) is 0 Å². The van der Waals surface area contributed by atoms with Gasteiger partial charge in [0.2, 0.25) is 0 Å². The zero-order valence-corrected chi connectivity index (χ0v) is 9.91. The van der Waals surface area contributed by atoms with Gasteiger partial charge in [-0.25, -0.2) is 4.79 Å². The van der Waals surface area contributed by atoms with Gasteiger partial charge < -0.3 is 4.84 Å². The molecule has 0 atom stereocenters. The van der Waals surface area contributed by atoms with Crippen molar-refractivity contribution >= 4 is 11.7 Å². The maximum Gasteiger partial charge on any atom is 0.332 e. The fourth-order valence-corrected chi connectivity index (χ4v) is 1.49. The minimum Gasteiger partial charge on any atom is -0.318 e. The van der Waals surface area contributed by atoms with Crippen LogP contribution in [-0.2, 0) is 9.63 Å². The number of aromatic nitrogens is 1. The Bertz CT molecular complexity index is 509. The summed E-state index contributed by atoms with van der Waals surface area (Å²) in [4.78, 5) is 19.6. The zero-order valence-electron chi connectivity index (χ0n) is 9.91. The fraction of sp³-hybridized carbons (Fsp3) is 0.0714. The Morgan fingerprint density at radius 3 is 2.28 bits per heavy atom. The number of hydrogen-bond donors (Lipinski definition) is 0. The predicted molar refractivity (Wildman–Crippen MR) is 68.1 cm³/mol. The summed E-state index contributed by atoms with van der Waals surface area (Å²) in [5.74, 6) is -0.447. The van der Waals surface area contributed by atoms with Crippen LogP contribution in [-0.4, -0.2) is 16.7 Å². The van der Waals surface area contributed by atoms with Gasteiger partial charge >= 0.3 is 5.97 Å². The average Bonchev–Trinajstić information content (AvgIpc) is 2.41. The summed E-state index contributed by atoms with van der Waals surface area (Å²) in [6, 6.07) is 13.2. The third-order valence-corrected chi connectivity index (χ3v) is 2.27. The average molecular weight is 240 g/mol. The number of rotatable bonds is 3. The first kappa shape index (κ1) is 12.0. The van der Waals surface area contributed by atoms with Gasteiger partial charge in [-0.1, -0.05) is 35.5 Å². The van der Waals surface area contributed by atoms with Crippen LogP contribution in [0.25, 0.3) is 0 Å². The Morgan fingerprint density at radius 1 is 1.06 bits per heavy atom. The number of pyridine rings is 1. The van der Waals surface area contributed by atoms with E-state index in [1.807, 2.05) is 42.5 Å². The van der Waals surface area contributed by atoms with Crippen molar-refractivity contribution in [1.82, 2.24) is 4.98 Å². The molecule has 1 aromatic carbocycles. The van der Waals surface area contributed by atoms with Crippen LogP contribution < -0.4 is 0 Å². The first-order valence-electron chi connectivity index (χ1n) is 5.49. The molecule has 18 heavy (non-hydrogen) atoms. The van der Waals surface area contributed by atoms with Crippen LogP contribution in [0.1, 0.15) is 18.1 Å². The van der Waals surface area contributed by atoms with Crippen LogP contribution in [0.2, 0.25) is 0 Å². The number of oxime groups is 1. The van der Waals surface area contributed by atoms with Crippen LogP contribution in [0.5, 0.6) is 0 Å². The molecule has 0 saturated heterocycles. The quantitative estimate of drug-likeness (QED) is 0.470. The number of hydrogen-bond acceptors (Lipinski definition) is 4. The van der Waals surface area contributed by atoms with Crippen molar-refractivity contribution in [3.63, 3.8) is 0 Å². The Kier molecular flexibility index (Phi) is 3.81. The van der Waals surface area contributed by atoms with E-state index in [0.717, 1.165) is 11.1 Å². The second-order valence-corrected chi connectivity index (χ2v) is 3.62. The lowest BCUT2D eigenvalue weighted by Gasteiger charge is -2.05. The van der Waals surface area contributed by atoms with Crippen molar-refractivity contribution < 1.29 is 9.63 Å². The number of carbonyl (C=O) groups excluding carboxylic acids is 1. The van der Waals surface area contributed by atoms with E-state index in [9.17, 15) is 4.79 Å². The van der Waals surface area contributed by atoms with E-state index in [4.69, 9.17) is 4.84 Å². The molecule has 0 spiro atoms. The van der Waals surface area contributed by atoms with Gasteiger partial charge in [-0.15, -0.1) is 0 Å². The van der Waals surface area contributed by atoms with E-state index in [0.29, 0.717) is 5.71 Å². The molecule has 1 heterocycles. The fourth-order valence-electron chi connectivity index (χ4n) is 1.49. The summed E-state index contributed by atoms with van der Waals surface area (Å²) in [7, 11) is 0. The van der Waals surface area contributed by atoms with E-state index in [-0.39, 0.29) is 0 Å². The van der Waals surface area contributed by atoms with Crippen LogP contribution >= 0.6 is 0 Å². The third-order valence-electron chi connectivity index (χ3n) is 2.27. The van der Waals surface area contributed by atoms with Crippen LogP contribution in [0.3, 0.4) is 0 Å². The molecule has 0 amide bonds. The van der Waals surface area contributed by atoms with Gasteiger partial charge in [0.1, 0.15) is 5.71 Å². The highest BCUT2D eigenvalue weighted by Gasteiger charge is 2.07. The van der Waals surface area contributed by atoms with Crippen LogP contribution in [0, 0.1) is 0 Å². The lowest BCUT2D eigenvalue weighted by Crippen LogP contribution is -2.05. The second kappa shape index (κ2) is 5.72. The summed E-state index contributed by atoms with van der Waals surface area (Å²) in [5, 5.41) is 3.90. The number of carbonyl (C=O) groups is 1. The summed E-state index contributed by atoms with van der Waals surface area (Å²) in [6.45, 7) is 1.32. The molecule has 0 radical (unpaired) electrons. The van der Waals surface area contributed by atoms with Crippen molar-refractivity contribution in [3.05, 3.63) is 66.0 Å². The monoisotopic (exact) mass is 240 g/mol. The van der Waals surface area contributed by atoms with Gasteiger partial charge in [0.25, 0.3) is 0 Å². The molecule has 0 aliphatic heterocycles. The molecule has 0 fully saturated rings. The van der Waals surface area contributed by atoms with E-state index in [2.05, 4.69) is 10.1 Å². The normalized spacial score (nSPS) is 11.1. The molecule has 2 aromatic rings. The minimum atomic E-state index is -0.447. The standard InChI is InChI=1S/C14H12N2O2/c1-11(17)18-16-14(12-5-3-2-4-6-12)13-7-9-15-10-8-13/h2-10H,1H3/b16-14+. The molecule has 0 saturated carbocycles. The van der Waals surface area contributed by atoms with E-state index < -0.39 is 5.97 Å². The number of benzene rings is 1. The van der Waals surface area contributed by atoms with Crippen molar-refractivity contribution in [2.75, 3.05) is 0 Å². The summed E-state index contributed by atoms with van der Waals surface area (Å²) in [5.41, 5.74) is 2.33. The van der Waals surface area contributed by atoms with Crippen molar-refractivity contribution in [1.29, 1.82) is 0 Å². The first-order valence-corrected chi connectivity index (χ1v) is 5.49. The van der Waals surface area contributed by atoms with E-state index in [1.54, 1.807) is 12.4 Å². The van der Waals surface area contributed by atoms with E-state index >= 15 is 0 Å². The molecule has 4 heteroatoms. The molecular weight excluding hydrogens is 228 g/mol. The molecule has 0 bridgehead atoms. The van der Waals surface area contributed by atoms with Gasteiger partial charge in [0.15, 0.2) is 0 Å². The lowest BCUT2D eigenvalue weighted by molar-refractivity contribution is -0.140. The van der Waals surface area contributed by atoms with Crippen molar-refractivity contribution in [2.24, 2.45) is 5.16 Å². The highest BCUT2D eigenvalue weighted by molar-refractivity contribution is 6.12. The van der Waals surface area contributed by atoms with Gasteiger partial charge in [0, 0.05) is 30.4 Å². The summed E-state index contributed by atoms with van der Waals surface area (Å²) < 4.78 is 0. The maximum absolute atomic E-state index is 10.9. The SMILES string of the molecule is CC(=O)O/N=C(\c1ccccc1)c1ccncc1. The Labute approximate surface area is 105 Å². The second-order valence-electron chi connectivity index (χ2n) is 3.62. The molecule has 1 aromatic heterocycles. The largest absolute Gasteiger partial charge is 0.332 e. The third kappa shape index (κ3) is 3.01. The molecular formula is C14H12N2O2. The van der Waals surface area contributed by atoms with Crippen LogP contribution in [0.4, 0.5) is 0 Å². The van der Waals surface area contributed by atoms with Crippen LogP contribution in [0.15, 0.2) is 60.0 Å². The highest BCUT2D eigenvalue weighted by atomic mass is 16.7. The lowest BCUT2D eigenvalue weighted by atomic mass is 10.0. The molecule has 0 aliphatic rings. The van der Waals surface area contributed by atoms with Gasteiger partial charge in [-0.05, 0) is 12.1 Å². The summed E-state index contributed by atoms with van der Waals surface area (Å²) >= 11 is 0. The Balaban J connectivity index is 2.42. The number of nitrogens with zero attached hydrogens (tertiary/aromatic N) is 2. The predicted octanol–water partition coefficient (Wildman–Crippen LogP) is 2.40. The first-order chi connectivity index (χ1) is 8.77. The Morgan fingerprint density at radius 2 is 1.67 bits per heavy atom. The summed E-state index contributed by atoms with van der Waals surface area (Å²) in [6.07, 6.45) is 3.34. The molecule has 90 valence electrons. The topological polar surface area (TPSA) is 51.5 Å². The zero-order chi connectivity index (χ0) is 12.8. The maximum atomic E-state index is 10.9. The smallest absolute Gasteiger partial charge is 0.318 e. The van der Waals surface area contributed by atoms with Gasteiger partial charge in [-0.2, -0.15) is 0 Å². The Hall–Kier alpha value is -2.49. The minimum absolute atomic E-state index is 0.447.